The van der Waals surface area contributed by atoms with Gasteiger partial charge in [0.15, 0.2) is 0 Å². The van der Waals surface area contributed by atoms with Crippen LogP contribution in [0, 0.1) is 6.92 Å². The van der Waals surface area contributed by atoms with Crippen LogP contribution >= 0.6 is 11.6 Å². The summed E-state index contributed by atoms with van der Waals surface area (Å²) in [6.07, 6.45) is 1.55. The molecule has 3 N–H and O–H groups in total. The number of ether oxygens (including phenoxy) is 1. The van der Waals surface area contributed by atoms with E-state index in [2.05, 4.69) is 25.5 Å². The molecule has 3 aliphatic heterocycles. The van der Waals surface area contributed by atoms with E-state index in [0.717, 1.165) is 35.6 Å². The molecular formula is C27H30ClN7O3. The lowest BCUT2D eigenvalue weighted by atomic mass is 10.0. The minimum Gasteiger partial charge on any atom is -0.392 e. The number of carbonyl (C=O) groups is 1. The van der Waals surface area contributed by atoms with Crippen molar-refractivity contribution < 1.29 is 14.6 Å². The van der Waals surface area contributed by atoms with Gasteiger partial charge in [-0.15, -0.1) is 0 Å². The van der Waals surface area contributed by atoms with Crippen LogP contribution in [-0.4, -0.2) is 73.1 Å². The molecular weight excluding hydrogens is 506 g/mol. The molecule has 3 aliphatic rings. The molecule has 0 radical (unpaired) electrons. The fraction of sp³-hybridized carbons (Fsp3) is 0.370. The van der Waals surface area contributed by atoms with Gasteiger partial charge in [-0.2, -0.15) is 4.98 Å². The number of piperazine rings is 1. The molecule has 38 heavy (non-hydrogen) atoms. The summed E-state index contributed by atoms with van der Waals surface area (Å²) in [6, 6.07) is 12.1. The second-order valence-corrected chi connectivity index (χ2v) is 10.4. The van der Waals surface area contributed by atoms with E-state index in [-0.39, 0.29) is 24.6 Å². The number of morpholine rings is 1. The molecule has 0 spiro atoms. The Morgan fingerprint density at radius 2 is 2.00 bits per heavy atom. The van der Waals surface area contributed by atoms with Gasteiger partial charge < -0.3 is 30.3 Å². The molecule has 10 nitrogen and oxygen atoms in total. The SMILES string of the molecule is Cc1cccc(Cl)c1N1CN(C)c2nc(Nc3ccc(N4CC5COCC(C4)N5)c(CO)c3)ncc2C1=O. The van der Waals surface area contributed by atoms with Gasteiger partial charge in [0, 0.05) is 55.4 Å². The van der Waals surface area contributed by atoms with Crippen LogP contribution in [-0.2, 0) is 11.3 Å². The van der Waals surface area contributed by atoms with E-state index >= 15 is 0 Å². The number of aliphatic hydroxyl groups is 1. The first-order valence-electron chi connectivity index (χ1n) is 12.7. The number of nitrogens with zero attached hydrogens (tertiary/aromatic N) is 5. The summed E-state index contributed by atoms with van der Waals surface area (Å²) < 4.78 is 5.66. The summed E-state index contributed by atoms with van der Waals surface area (Å²) in [4.78, 5) is 28.3. The number of halogens is 1. The Morgan fingerprint density at radius 3 is 2.74 bits per heavy atom. The highest BCUT2D eigenvalue weighted by molar-refractivity contribution is 6.34. The average molecular weight is 536 g/mol. The van der Waals surface area contributed by atoms with Crippen molar-refractivity contribution in [3.05, 3.63) is 64.3 Å². The van der Waals surface area contributed by atoms with E-state index in [9.17, 15) is 9.90 Å². The third kappa shape index (κ3) is 4.54. The highest BCUT2D eigenvalue weighted by atomic mass is 35.5. The summed E-state index contributed by atoms with van der Waals surface area (Å²) >= 11 is 6.45. The number of rotatable bonds is 5. The number of anilines is 5. The van der Waals surface area contributed by atoms with Crippen molar-refractivity contribution in [2.45, 2.75) is 25.6 Å². The van der Waals surface area contributed by atoms with E-state index in [0.29, 0.717) is 47.9 Å². The molecule has 3 aromatic rings. The topological polar surface area (TPSA) is 106 Å². The number of aliphatic hydroxyl groups excluding tert-OH is 1. The lowest BCUT2D eigenvalue weighted by Crippen LogP contribution is -2.63. The van der Waals surface area contributed by atoms with Crippen molar-refractivity contribution in [1.29, 1.82) is 0 Å². The second-order valence-electron chi connectivity index (χ2n) is 10.0. The van der Waals surface area contributed by atoms with E-state index in [4.69, 9.17) is 16.3 Å². The molecule has 11 heteroatoms. The predicted molar refractivity (Wildman–Crippen MR) is 148 cm³/mol. The molecule has 6 rings (SSSR count). The first-order valence-corrected chi connectivity index (χ1v) is 13.0. The Bertz CT molecular complexity index is 1350. The Balaban J connectivity index is 1.23. The fourth-order valence-corrected chi connectivity index (χ4v) is 5.85. The Labute approximate surface area is 226 Å². The Morgan fingerprint density at radius 1 is 1.21 bits per heavy atom. The van der Waals surface area contributed by atoms with Gasteiger partial charge in [-0.25, -0.2) is 4.98 Å². The molecule has 198 valence electrons. The molecule has 0 aliphatic carbocycles. The van der Waals surface area contributed by atoms with Gasteiger partial charge in [0.1, 0.15) is 11.4 Å². The number of para-hydroxylation sites is 1. The minimum atomic E-state index is -0.195. The molecule has 2 atom stereocenters. The van der Waals surface area contributed by atoms with Crippen molar-refractivity contribution in [3.8, 4) is 0 Å². The Kier molecular flexibility index (Phi) is 6.56. The largest absolute Gasteiger partial charge is 0.392 e. The van der Waals surface area contributed by atoms with Crippen LogP contribution in [0.1, 0.15) is 21.5 Å². The maximum Gasteiger partial charge on any atom is 0.265 e. The van der Waals surface area contributed by atoms with E-state index in [1.807, 2.05) is 49.2 Å². The van der Waals surface area contributed by atoms with Crippen LogP contribution in [0.25, 0.3) is 0 Å². The molecule has 0 saturated carbocycles. The number of aromatic nitrogens is 2. The summed E-state index contributed by atoms with van der Waals surface area (Å²) in [6.45, 7) is 5.22. The standard InChI is InChI=1S/C27H30ClN7O3/c1-16-4-3-5-22(28)24(16)35-15-33(2)25-21(26(35)37)9-29-27(32-25)31-18-6-7-23(17(8-18)12-36)34-10-19-13-38-14-20(11-34)30-19/h3-9,19-20,30,36H,10-15H2,1-2H3,(H,29,31,32). The van der Waals surface area contributed by atoms with Gasteiger partial charge in [0.05, 0.1) is 37.2 Å². The molecule has 1 aromatic heterocycles. The predicted octanol–water partition coefficient (Wildman–Crippen LogP) is 2.91. The van der Waals surface area contributed by atoms with Gasteiger partial charge >= 0.3 is 0 Å². The van der Waals surface area contributed by atoms with E-state index in [1.54, 1.807) is 17.2 Å². The molecule has 2 bridgehead atoms. The van der Waals surface area contributed by atoms with E-state index in [1.165, 1.54) is 0 Å². The number of nitrogens with one attached hydrogen (secondary N) is 2. The number of benzene rings is 2. The molecule has 1 amide bonds. The zero-order valence-electron chi connectivity index (χ0n) is 21.3. The van der Waals surface area contributed by atoms with Crippen molar-refractivity contribution in [1.82, 2.24) is 15.3 Å². The normalized spacial score (nSPS) is 20.9. The lowest BCUT2D eigenvalue weighted by Gasteiger charge is -2.43. The Hall–Kier alpha value is -3.44. The maximum atomic E-state index is 13.4. The zero-order valence-corrected chi connectivity index (χ0v) is 22.1. The first kappa shape index (κ1) is 24.9. The summed E-state index contributed by atoms with van der Waals surface area (Å²) in [5.41, 5.74) is 4.62. The van der Waals surface area contributed by atoms with Crippen molar-refractivity contribution in [3.63, 3.8) is 0 Å². The van der Waals surface area contributed by atoms with Gasteiger partial charge in [0.25, 0.3) is 5.91 Å². The number of carbonyl (C=O) groups excluding carboxylic acids is 1. The molecule has 2 aromatic carbocycles. The monoisotopic (exact) mass is 535 g/mol. The highest BCUT2D eigenvalue weighted by Gasteiger charge is 2.33. The number of fused-ring (bicyclic) bond motifs is 3. The van der Waals surface area contributed by atoms with Gasteiger partial charge in [-0.3, -0.25) is 9.69 Å². The maximum absolute atomic E-state index is 13.4. The number of hydrogen-bond donors (Lipinski definition) is 3. The summed E-state index contributed by atoms with van der Waals surface area (Å²) in [5.74, 6) is 0.720. The van der Waals surface area contributed by atoms with Crippen LogP contribution < -0.4 is 25.3 Å². The van der Waals surface area contributed by atoms with E-state index < -0.39 is 0 Å². The van der Waals surface area contributed by atoms with Crippen molar-refractivity contribution in [2.75, 3.05) is 60.0 Å². The second kappa shape index (κ2) is 10.0. The van der Waals surface area contributed by atoms with Gasteiger partial charge in [-0.1, -0.05) is 23.7 Å². The fourth-order valence-electron chi connectivity index (χ4n) is 5.52. The van der Waals surface area contributed by atoms with Crippen LogP contribution in [0.5, 0.6) is 0 Å². The highest BCUT2D eigenvalue weighted by Crippen LogP contribution is 2.35. The minimum absolute atomic E-state index is 0.0831. The smallest absolute Gasteiger partial charge is 0.265 e. The van der Waals surface area contributed by atoms with Crippen LogP contribution in [0.15, 0.2) is 42.6 Å². The van der Waals surface area contributed by atoms with Crippen LogP contribution in [0.4, 0.5) is 28.8 Å². The number of aryl methyl sites for hydroxylation is 1. The van der Waals surface area contributed by atoms with Crippen molar-refractivity contribution >= 4 is 46.3 Å². The molecule has 4 heterocycles. The molecule has 2 fully saturated rings. The van der Waals surface area contributed by atoms with Gasteiger partial charge in [-0.05, 0) is 36.8 Å². The quantitative estimate of drug-likeness (QED) is 0.454. The summed E-state index contributed by atoms with van der Waals surface area (Å²) in [5, 5.41) is 17.5. The lowest BCUT2D eigenvalue weighted by molar-refractivity contribution is 0.0375. The van der Waals surface area contributed by atoms with Crippen LogP contribution in [0.2, 0.25) is 5.02 Å². The first-order chi connectivity index (χ1) is 18.4. The van der Waals surface area contributed by atoms with Gasteiger partial charge in [0.2, 0.25) is 5.95 Å². The third-order valence-corrected chi connectivity index (χ3v) is 7.56. The molecule has 2 saturated heterocycles. The van der Waals surface area contributed by atoms with Crippen LogP contribution in [0.3, 0.4) is 0 Å². The zero-order chi connectivity index (χ0) is 26.4. The number of amides is 1. The summed E-state index contributed by atoms with van der Waals surface area (Å²) in [7, 11) is 1.88. The third-order valence-electron chi connectivity index (χ3n) is 7.26. The molecule has 2 unspecified atom stereocenters. The van der Waals surface area contributed by atoms with Crippen molar-refractivity contribution in [2.24, 2.45) is 0 Å². The number of hydrogen-bond acceptors (Lipinski definition) is 9. The average Bonchev–Trinajstić information content (AvgIpc) is 2.91.